The summed E-state index contributed by atoms with van der Waals surface area (Å²) in [5, 5.41) is 8.41. The van der Waals surface area contributed by atoms with Crippen molar-refractivity contribution < 1.29 is 9.53 Å². The van der Waals surface area contributed by atoms with E-state index in [2.05, 4.69) is 63.9 Å². The van der Waals surface area contributed by atoms with Gasteiger partial charge in [-0.3, -0.25) is 14.7 Å². The summed E-state index contributed by atoms with van der Waals surface area (Å²) in [4.78, 5) is 20.7. The van der Waals surface area contributed by atoms with Crippen LogP contribution >= 0.6 is 11.6 Å². The highest BCUT2D eigenvalue weighted by atomic mass is 35.5. The summed E-state index contributed by atoms with van der Waals surface area (Å²) in [6.45, 7) is 17.7. The van der Waals surface area contributed by atoms with E-state index >= 15 is 0 Å². The predicted octanol–water partition coefficient (Wildman–Crippen LogP) is 5.70. The number of pyridine rings is 1. The zero-order valence-corrected chi connectivity index (χ0v) is 25.0. The van der Waals surface area contributed by atoms with Crippen LogP contribution in [0, 0.1) is 5.92 Å². The molecule has 0 aromatic carbocycles. The summed E-state index contributed by atoms with van der Waals surface area (Å²) in [6.07, 6.45) is 7.02. The molecule has 210 valence electrons. The molecule has 2 aromatic rings. The minimum atomic E-state index is -0.215. The number of amides is 1. The Labute approximate surface area is 233 Å². The second-order valence-electron chi connectivity index (χ2n) is 13.0. The van der Waals surface area contributed by atoms with Gasteiger partial charge in [-0.15, -0.1) is 0 Å². The van der Waals surface area contributed by atoms with E-state index in [4.69, 9.17) is 26.4 Å². The summed E-state index contributed by atoms with van der Waals surface area (Å²) in [6, 6.07) is 4.23. The van der Waals surface area contributed by atoms with Gasteiger partial charge >= 0.3 is 0 Å². The van der Waals surface area contributed by atoms with Crippen LogP contribution in [0.2, 0.25) is 5.02 Å². The molecule has 0 atom stereocenters. The summed E-state index contributed by atoms with van der Waals surface area (Å²) in [7, 11) is 0. The maximum atomic E-state index is 13.3. The smallest absolute Gasteiger partial charge is 0.273 e. The minimum Gasteiger partial charge on any atom is -0.379 e. The van der Waals surface area contributed by atoms with Crippen LogP contribution in [0.25, 0.3) is 5.69 Å². The van der Waals surface area contributed by atoms with Crippen molar-refractivity contribution in [2.75, 3.05) is 39.4 Å². The van der Waals surface area contributed by atoms with E-state index in [-0.39, 0.29) is 16.7 Å². The molecule has 1 amide bonds. The fourth-order valence-corrected chi connectivity index (χ4v) is 5.56. The summed E-state index contributed by atoms with van der Waals surface area (Å²) >= 11 is 6.99. The number of carbonyl (C=O) groups is 1. The van der Waals surface area contributed by atoms with E-state index in [9.17, 15) is 4.79 Å². The molecule has 1 aliphatic heterocycles. The van der Waals surface area contributed by atoms with E-state index in [0.717, 1.165) is 62.0 Å². The van der Waals surface area contributed by atoms with Gasteiger partial charge in [-0.1, -0.05) is 85.2 Å². The number of hydrogen-bond donors (Lipinski definition) is 1. The topological polar surface area (TPSA) is 72.3 Å². The van der Waals surface area contributed by atoms with Gasteiger partial charge < -0.3 is 10.1 Å². The maximum absolute atomic E-state index is 13.3. The number of halogens is 1. The first kappa shape index (κ1) is 29.0. The zero-order valence-electron chi connectivity index (χ0n) is 24.2. The van der Waals surface area contributed by atoms with Crippen molar-refractivity contribution in [3.63, 3.8) is 0 Å². The lowest BCUT2D eigenvalue weighted by molar-refractivity contribution is 0.0383. The number of carbonyl (C=O) groups excluding carboxylic acids is 1. The molecule has 1 N–H and O–H groups in total. The average molecular weight is 544 g/mol. The molecule has 2 aromatic heterocycles. The first-order valence-corrected chi connectivity index (χ1v) is 14.7. The fourth-order valence-electron chi connectivity index (χ4n) is 5.28. The second-order valence-corrected chi connectivity index (χ2v) is 13.4. The molecule has 0 spiro atoms. The van der Waals surface area contributed by atoms with E-state index in [1.807, 2.05) is 4.68 Å². The van der Waals surface area contributed by atoms with Crippen LogP contribution in [0.4, 0.5) is 0 Å². The molecule has 8 heteroatoms. The molecule has 1 aliphatic carbocycles. The zero-order chi connectivity index (χ0) is 27.5. The van der Waals surface area contributed by atoms with Crippen molar-refractivity contribution in [1.29, 1.82) is 0 Å². The maximum Gasteiger partial charge on any atom is 0.273 e. The molecule has 0 bridgehead atoms. The molecule has 0 radical (unpaired) electrons. The molecular weight excluding hydrogens is 498 g/mol. The standard InChI is InChI=1S/C30H46ClN5O2/c1-29(2,3)24-19-22(20-25(33-24)30(4,5)6)36-23(18-21-10-8-7-9-11-21)26(31)27(34-36)28(37)32-12-13-35-14-16-38-17-15-35/h19-21H,7-18H2,1-6H3,(H,32,37). The summed E-state index contributed by atoms with van der Waals surface area (Å²) in [5.41, 5.74) is 3.92. The van der Waals surface area contributed by atoms with Crippen LogP contribution < -0.4 is 5.32 Å². The van der Waals surface area contributed by atoms with Gasteiger partial charge in [0.25, 0.3) is 5.91 Å². The first-order chi connectivity index (χ1) is 17.9. The molecule has 38 heavy (non-hydrogen) atoms. The number of nitrogens with one attached hydrogen (secondary N) is 1. The van der Waals surface area contributed by atoms with Crippen LogP contribution in [0.5, 0.6) is 0 Å². The molecule has 7 nitrogen and oxygen atoms in total. The minimum absolute atomic E-state index is 0.129. The third kappa shape index (κ3) is 7.16. The van der Waals surface area contributed by atoms with Crippen molar-refractivity contribution in [3.8, 4) is 5.69 Å². The fraction of sp³-hybridized carbons (Fsp3) is 0.700. The van der Waals surface area contributed by atoms with Crippen LogP contribution in [0.1, 0.15) is 101 Å². The van der Waals surface area contributed by atoms with Gasteiger partial charge in [-0.2, -0.15) is 5.10 Å². The highest BCUT2D eigenvalue weighted by Crippen LogP contribution is 2.34. The Balaban J connectivity index is 1.68. The molecule has 4 rings (SSSR count). The second kappa shape index (κ2) is 12.1. The molecule has 2 fully saturated rings. The van der Waals surface area contributed by atoms with Gasteiger partial charge in [0.05, 0.1) is 29.6 Å². The Morgan fingerprint density at radius 2 is 1.63 bits per heavy atom. The molecule has 0 unspecified atom stereocenters. The third-order valence-electron chi connectivity index (χ3n) is 7.75. The number of hydrogen-bond acceptors (Lipinski definition) is 5. The van der Waals surface area contributed by atoms with E-state index in [1.54, 1.807) is 0 Å². The number of ether oxygens (including phenoxy) is 1. The van der Waals surface area contributed by atoms with Crippen molar-refractivity contribution >= 4 is 17.5 Å². The first-order valence-electron chi connectivity index (χ1n) is 14.3. The van der Waals surface area contributed by atoms with Crippen LogP contribution in [-0.4, -0.2) is 65.0 Å². The quantitative estimate of drug-likeness (QED) is 0.485. The summed E-state index contributed by atoms with van der Waals surface area (Å²) in [5.74, 6) is 0.341. The molecule has 1 saturated heterocycles. The van der Waals surface area contributed by atoms with Gasteiger partial charge in [-0.25, -0.2) is 4.68 Å². The lowest BCUT2D eigenvalue weighted by atomic mass is 9.86. The number of nitrogens with zero attached hydrogens (tertiary/aromatic N) is 4. The Bertz CT molecular complexity index is 1070. The van der Waals surface area contributed by atoms with Crippen LogP contribution in [0.3, 0.4) is 0 Å². The van der Waals surface area contributed by atoms with Crippen molar-refractivity contribution in [2.24, 2.45) is 5.92 Å². The van der Waals surface area contributed by atoms with E-state index in [1.165, 1.54) is 32.1 Å². The molecule has 2 aliphatic rings. The van der Waals surface area contributed by atoms with E-state index < -0.39 is 0 Å². The SMILES string of the molecule is CC(C)(C)c1cc(-n2nc(C(=O)NCCN3CCOCC3)c(Cl)c2CC2CCCCC2)cc(C(C)(C)C)n1. The molecule has 1 saturated carbocycles. The monoisotopic (exact) mass is 543 g/mol. The molecular formula is C30H46ClN5O2. The highest BCUT2D eigenvalue weighted by molar-refractivity contribution is 6.34. The highest BCUT2D eigenvalue weighted by Gasteiger charge is 2.28. The van der Waals surface area contributed by atoms with E-state index in [0.29, 0.717) is 23.2 Å². The third-order valence-corrected chi connectivity index (χ3v) is 8.14. The number of morpholine rings is 1. The Morgan fingerprint density at radius 3 is 2.21 bits per heavy atom. The Hall–Kier alpha value is -1.96. The lowest BCUT2D eigenvalue weighted by Crippen LogP contribution is -2.41. The largest absolute Gasteiger partial charge is 0.379 e. The van der Waals surface area contributed by atoms with Crippen LogP contribution in [-0.2, 0) is 22.0 Å². The lowest BCUT2D eigenvalue weighted by Gasteiger charge is -2.26. The average Bonchev–Trinajstić information content (AvgIpc) is 3.20. The van der Waals surface area contributed by atoms with Crippen molar-refractivity contribution in [1.82, 2.24) is 25.0 Å². The Morgan fingerprint density at radius 1 is 1.03 bits per heavy atom. The summed E-state index contributed by atoms with van der Waals surface area (Å²) < 4.78 is 7.36. The predicted molar refractivity (Wildman–Crippen MR) is 154 cm³/mol. The van der Waals surface area contributed by atoms with Crippen molar-refractivity contribution in [2.45, 2.75) is 90.9 Å². The van der Waals surface area contributed by atoms with Gasteiger partial charge in [0.15, 0.2) is 5.69 Å². The Kier molecular flexibility index (Phi) is 9.21. The number of aromatic nitrogens is 3. The molecule has 3 heterocycles. The van der Waals surface area contributed by atoms with Gasteiger partial charge in [0, 0.05) is 48.4 Å². The van der Waals surface area contributed by atoms with Crippen LogP contribution in [0.15, 0.2) is 12.1 Å². The normalized spacial score (nSPS) is 18.1. The van der Waals surface area contributed by atoms with Gasteiger partial charge in [0.2, 0.25) is 0 Å². The van der Waals surface area contributed by atoms with Gasteiger partial charge in [0.1, 0.15) is 0 Å². The van der Waals surface area contributed by atoms with Gasteiger partial charge in [-0.05, 0) is 24.5 Å². The van der Waals surface area contributed by atoms with Crippen molar-refractivity contribution in [3.05, 3.63) is 39.9 Å². The number of rotatable bonds is 7.